The highest BCUT2D eigenvalue weighted by Crippen LogP contribution is 2.25. The van der Waals surface area contributed by atoms with Gasteiger partial charge in [0, 0.05) is 16.8 Å². The predicted molar refractivity (Wildman–Crippen MR) is 87.5 cm³/mol. The van der Waals surface area contributed by atoms with Crippen molar-refractivity contribution in [1.82, 2.24) is 4.90 Å². The molecule has 0 aliphatic heterocycles. The first-order chi connectivity index (χ1) is 10.5. The summed E-state index contributed by atoms with van der Waals surface area (Å²) in [5, 5.41) is 3.35. The maximum atomic E-state index is 13.1. The number of carbonyl (C=O) groups is 1. The van der Waals surface area contributed by atoms with Gasteiger partial charge >= 0.3 is 0 Å². The SMILES string of the molecule is C[C@@H](c1ccccc1Cl)N(C)CC(=O)Nc1cccc(F)c1. The summed E-state index contributed by atoms with van der Waals surface area (Å²) < 4.78 is 13.1. The van der Waals surface area contributed by atoms with Gasteiger partial charge in [0.05, 0.1) is 6.54 Å². The van der Waals surface area contributed by atoms with Gasteiger partial charge in [-0.25, -0.2) is 4.39 Å². The zero-order valence-electron chi connectivity index (χ0n) is 12.5. The summed E-state index contributed by atoms with van der Waals surface area (Å²) in [4.78, 5) is 13.9. The van der Waals surface area contributed by atoms with Gasteiger partial charge in [-0.05, 0) is 43.8 Å². The molecule has 2 aromatic rings. The van der Waals surface area contributed by atoms with Crippen molar-refractivity contribution in [3.8, 4) is 0 Å². The first kappa shape index (κ1) is 16.5. The van der Waals surface area contributed by atoms with Crippen LogP contribution in [0.25, 0.3) is 0 Å². The van der Waals surface area contributed by atoms with E-state index in [1.54, 1.807) is 12.1 Å². The maximum Gasteiger partial charge on any atom is 0.238 e. The average Bonchev–Trinajstić information content (AvgIpc) is 2.46. The Balaban J connectivity index is 1.98. The molecular formula is C17H18ClFN2O. The molecule has 0 bridgehead atoms. The smallest absolute Gasteiger partial charge is 0.238 e. The lowest BCUT2D eigenvalue weighted by molar-refractivity contribution is -0.117. The molecule has 0 heterocycles. The second-order valence-electron chi connectivity index (χ2n) is 5.17. The zero-order valence-corrected chi connectivity index (χ0v) is 13.3. The van der Waals surface area contributed by atoms with Crippen LogP contribution in [0.3, 0.4) is 0 Å². The number of carbonyl (C=O) groups excluding carboxylic acids is 1. The van der Waals surface area contributed by atoms with E-state index in [1.807, 2.05) is 43.1 Å². The number of amides is 1. The summed E-state index contributed by atoms with van der Waals surface area (Å²) >= 11 is 6.18. The van der Waals surface area contributed by atoms with E-state index in [9.17, 15) is 9.18 Å². The van der Waals surface area contributed by atoms with Gasteiger partial charge in [0.15, 0.2) is 0 Å². The van der Waals surface area contributed by atoms with Crippen molar-refractivity contribution >= 4 is 23.2 Å². The summed E-state index contributed by atoms with van der Waals surface area (Å²) in [5.74, 6) is -0.581. The lowest BCUT2D eigenvalue weighted by Crippen LogP contribution is -2.32. The normalized spacial score (nSPS) is 12.2. The predicted octanol–water partition coefficient (Wildman–Crippen LogP) is 4.11. The number of hydrogen-bond donors (Lipinski definition) is 1. The van der Waals surface area contributed by atoms with E-state index in [1.165, 1.54) is 12.1 Å². The summed E-state index contributed by atoms with van der Waals surface area (Å²) in [6.07, 6.45) is 0. The number of anilines is 1. The Morgan fingerprint density at radius 1 is 1.27 bits per heavy atom. The number of hydrogen-bond acceptors (Lipinski definition) is 2. The Bertz CT molecular complexity index is 663. The van der Waals surface area contributed by atoms with Crippen LogP contribution in [0.4, 0.5) is 10.1 Å². The van der Waals surface area contributed by atoms with E-state index in [2.05, 4.69) is 5.32 Å². The van der Waals surface area contributed by atoms with Crippen molar-refractivity contribution in [2.45, 2.75) is 13.0 Å². The largest absolute Gasteiger partial charge is 0.325 e. The first-order valence-corrected chi connectivity index (χ1v) is 7.35. The van der Waals surface area contributed by atoms with E-state index in [4.69, 9.17) is 11.6 Å². The molecule has 0 aromatic heterocycles. The fourth-order valence-electron chi connectivity index (χ4n) is 2.18. The van der Waals surface area contributed by atoms with Gasteiger partial charge in [-0.15, -0.1) is 0 Å². The van der Waals surface area contributed by atoms with Crippen molar-refractivity contribution < 1.29 is 9.18 Å². The molecule has 0 unspecified atom stereocenters. The molecule has 5 heteroatoms. The van der Waals surface area contributed by atoms with Crippen molar-refractivity contribution in [3.63, 3.8) is 0 Å². The Morgan fingerprint density at radius 2 is 2.00 bits per heavy atom. The molecule has 1 atom stereocenters. The summed E-state index contributed by atoms with van der Waals surface area (Å²) in [7, 11) is 1.85. The Kier molecular flexibility index (Phi) is 5.52. The molecule has 0 spiro atoms. The first-order valence-electron chi connectivity index (χ1n) is 6.97. The van der Waals surface area contributed by atoms with E-state index >= 15 is 0 Å². The average molecular weight is 321 g/mol. The highest BCUT2D eigenvalue weighted by atomic mass is 35.5. The Morgan fingerprint density at radius 3 is 2.68 bits per heavy atom. The van der Waals surface area contributed by atoms with Crippen molar-refractivity contribution in [3.05, 3.63) is 64.9 Å². The molecule has 1 N–H and O–H groups in total. The molecule has 0 aliphatic rings. The van der Waals surface area contributed by atoms with Crippen molar-refractivity contribution in [1.29, 1.82) is 0 Å². The third-order valence-corrected chi connectivity index (χ3v) is 3.86. The second kappa shape index (κ2) is 7.38. The van der Waals surface area contributed by atoms with E-state index < -0.39 is 0 Å². The maximum absolute atomic E-state index is 13.1. The number of benzene rings is 2. The lowest BCUT2D eigenvalue weighted by atomic mass is 10.1. The number of nitrogens with one attached hydrogen (secondary N) is 1. The van der Waals surface area contributed by atoms with Gasteiger partial charge in [-0.1, -0.05) is 35.9 Å². The minimum atomic E-state index is -0.379. The van der Waals surface area contributed by atoms with Crippen LogP contribution < -0.4 is 5.32 Å². The molecule has 0 saturated heterocycles. The topological polar surface area (TPSA) is 32.3 Å². The molecule has 0 aliphatic carbocycles. The van der Waals surface area contributed by atoms with Crippen LogP contribution in [0, 0.1) is 5.82 Å². The zero-order chi connectivity index (χ0) is 16.1. The molecule has 2 rings (SSSR count). The third kappa shape index (κ3) is 4.29. The van der Waals surface area contributed by atoms with Gasteiger partial charge in [0.1, 0.15) is 5.82 Å². The summed E-state index contributed by atoms with van der Waals surface area (Å²) in [6.45, 7) is 2.17. The van der Waals surface area contributed by atoms with Crippen LogP contribution in [0.5, 0.6) is 0 Å². The number of halogens is 2. The number of likely N-dealkylation sites (N-methyl/N-ethyl adjacent to an activating group) is 1. The van der Waals surface area contributed by atoms with Gasteiger partial charge in [-0.3, -0.25) is 9.69 Å². The monoisotopic (exact) mass is 320 g/mol. The van der Waals surface area contributed by atoms with Crippen molar-refractivity contribution in [2.75, 3.05) is 18.9 Å². The Labute approximate surface area is 134 Å². The van der Waals surface area contributed by atoms with Crippen LogP contribution in [0.15, 0.2) is 48.5 Å². The highest BCUT2D eigenvalue weighted by molar-refractivity contribution is 6.31. The van der Waals surface area contributed by atoms with Crippen LogP contribution in [0.2, 0.25) is 5.02 Å². The standard InChI is InChI=1S/C17H18ClFN2O/c1-12(15-8-3-4-9-16(15)18)21(2)11-17(22)20-14-7-5-6-13(19)10-14/h3-10,12H,11H2,1-2H3,(H,20,22)/t12-/m0/s1. The van der Waals surface area contributed by atoms with E-state index in [-0.39, 0.29) is 24.3 Å². The number of rotatable bonds is 5. The molecule has 2 aromatic carbocycles. The van der Waals surface area contributed by atoms with E-state index in [0.717, 1.165) is 5.56 Å². The molecule has 0 fully saturated rings. The van der Waals surface area contributed by atoms with E-state index in [0.29, 0.717) is 10.7 Å². The minimum Gasteiger partial charge on any atom is -0.325 e. The third-order valence-electron chi connectivity index (χ3n) is 3.52. The molecule has 22 heavy (non-hydrogen) atoms. The minimum absolute atomic E-state index is 0.00744. The molecule has 116 valence electrons. The fourth-order valence-corrected chi connectivity index (χ4v) is 2.48. The molecule has 0 saturated carbocycles. The van der Waals surface area contributed by atoms with Gasteiger partial charge in [0.2, 0.25) is 5.91 Å². The lowest BCUT2D eigenvalue weighted by Gasteiger charge is -2.25. The van der Waals surface area contributed by atoms with Gasteiger partial charge < -0.3 is 5.32 Å². The molecule has 3 nitrogen and oxygen atoms in total. The summed E-state index contributed by atoms with van der Waals surface area (Å²) in [6, 6.07) is 13.4. The quantitative estimate of drug-likeness (QED) is 0.899. The highest BCUT2D eigenvalue weighted by Gasteiger charge is 2.17. The fraction of sp³-hybridized carbons (Fsp3) is 0.235. The van der Waals surface area contributed by atoms with Crippen LogP contribution in [-0.2, 0) is 4.79 Å². The van der Waals surface area contributed by atoms with Crippen LogP contribution in [-0.4, -0.2) is 24.4 Å². The molecular weight excluding hydrogens is 303 g/mol. The van der Waals surface area contributed by atoms with Crippen LogP contribution in [0.1, 0.15) is 18.5 Å². The Hall–Kier alpha value is -1.91. The number of nitrogens with zero attached hydrogens (tertiary/aromatic N) is 1. The van der Waals surface area contributed by atoms with Crippen LogP contribution >= 0.6 is 11.6 Å². The second-order valence-corrected chi connectivity index (χ2v) is 5.58. The summed E-state index contributed by atoms with van der Waals surface area (Å²) in [5.41, 5.74) is 1.41. The molecule has 0 radical (unpaired) electrons. The van der Waals surface area contributed by atoms with Crippen molar-refractivity contribution in [2.24, 2.45) is 0 Å². The van der Waals surface area contributed by atoms with Gasteiger partial charge in [0.25, 0.3) is 0 Å². The van der Waals surface area contributed by atoms with Gasteiger partial charge in [-0.2, -0.15) is 0 Å². The molecule has 1 amide bonds.